The maximum Gasteiger partial charge on any atom is 0.167 e. The molecule has 0 saturated carbocycles. The number of aliphatic hydroxyl groups excluding tert-OH is 2. The number of rotatable bonds is 6. The van der Waals surface area contributed by atoms with Crippen molar-refractivity contribution < 1.29 is 19.7 Å². The van der Waals surface area contributed by atoms with Gasteiger partial charge in [0.2, 0.25) is 0 Å². The van der Waals surface area contributed by atoms with Gasteiger partial charge >= 0.3 is 0 Å². The summed E-state index contributed by atoms with van der Waals surface area (Å²) < 4.78 is 13.0. The van der Waals surface area contributed by atoms with Gasteiger partial charge in [0.25, 0.3) is 0 Å². The standard InChI is InChI=1S/C21H25N5O4/c1-29-18-17(28)15(9-27)30-21(18)26-11-25-16-19(23-10-24-20(16)26)22-8-13-7-6-12-4-2-3-5-14(12)13/h2-5,10-11,13,15,17-18,21,27-28H,6-9H2,1H3,(H,22,23,24)/t13?,15-,17-,18-,21-/m1/s1. The summed E-state index contributed by atoms with van der Waals surface area (Å²) in [6, 6.07) is 8.57. The topological polar surface area (TPSA) is 115 Å². The maximum atomic E-state index is 10.3. The molecule has 3 heterocycles. The Kier molecular flexibility index (Phi) is 5.11. The molecule has 0 amide bonds. The highest BCUT2D eigenvalue weighted by Gasteiger charge is 2.45. The van der Waals surface area contributed by atoms with Crippen LogP contribution in [0.1, 0.15) is 29.7 Å². The van der Waals surface area contributed by atoms with Crippen LogP contribution in [0.3, 0.4) is 0 Å². The summed E-state index contributed by atoms with van der Waals surface area (Å²) in [4.78, 5) is 13.3. The smallest absolute Gasteiger partial charge is 0.167 e. The Morgan fingerprint density at radius 2 is 2.13 bits per heavy atom. The highest BCUT2D eigenvalue weighted by atomic mass is 16.6. The minimum atomic E-state index is -0.940. The number of nitrogens with one attached hydrogen (secondary N) is 1. The van der Waals surface area contributed by atoms with Crippen molar-refractivity contribution in [3.63, 3.8) is 0 Å². The number of fused-ring (bicyclic) bond motifs is 2. The molecule has 0 bridgehead atoms. The van der Waals surface area contributed by atoms with Crippen molar-refractivity contribution in [2.45, 2.75) is 43.3 Å². The number of aliphatic hydroxyl groups is 2. The van der Waals surface area contributed by atoms with E-state index in [4.69, 9.17) is 9.47 Å². The molecule has 2 aromatic heterocycles. The van der Waals surface area contributed by atoms with E-state index in [1.165, 1.54) is 24.6 Å². The number of methoxy groups -OCH3 is 1. The molecule has 1 aliphatic carbocycles. The van der Waals surface area contributed by atoms with Gasteiger partial charge in [0.15, 0.2) is 23.2 Å². The van der Waals surface area contributed by atoms with Crippen molar-refractivity contribution in [2.24, 2.45) is 0 Å². The minimum Gasteiger partial charge on any atom is -0.394 e. The molecule has 1 aromatic carbocycles. The van der Waals surface area contributed by atoms with E-state index in [0.717, 1.165) is 19.4 Å². The van der Waals surface area contributed by atoms with Crippen LogP contribution in [-0.4, -0.2) is 68.3 Å². The van der Waals surface area contributed by atoms with Crippen LogP contribution in [-0.2, 0) is 15.9 Å². The van der Waals surface area contributed by atoms with E-state index in [0.29, 0.717) is 22.9 Å². The van der Waals surface area contributed by atoms with E-state index in [9.17, 15) is 10.2 Å². The molecule has 9 heteroatoms. The van der Waals surface area contributed by atoms with Crippen molar-refractivity contribution in [1.29, 1.82) is 0 Å². The Bertz CT molecular complexity index is 1040. The highest BCUT2D eigenvalue weighted by molar-refractivity contribution is 5.82. The molecule has 158 valence electrons. The van der Waals surface area contributed by atoms with Crippen LogP contribution in [0.4, 0.5) is 5.82 Å². The summed E-state index contributed by atoms with van der Waals surface area (Å²) in [6.07, 6.45) is 2.37. The van der Waals surface area contributed by atoms with Crippen LogP contribution < -0.4 is 5.32 Å². The van der Waals surface area contributed by atoms with Crippen molar-refractivity contribution >= 4 is 17.0 Å². The van der Waals surface area contributed by atoms with Crippen LogP contribution in [0, 0.1) is 0 Å². The summed E-state index contributed by atoms with van der Waals surface area (Å²) in [7, 11) is 1.50. The first kappa shape index (κ1) is 19.4. The fourth-order valence-corrected chi connectivity index (χ4v) is 4.59. The number of hydrogen-bond donors (Lipinski definition) is 3. The molecular weight excluding hydrogens is 386 g/mol. The molecule has 0 radical (unpaired) electrons. The Morgan fingerprint density at radius 1 is 1.27 bits per heavy atom. The van der Waals surface area contributed by atoms with Crippen molar-refractivity contribution in [1.82, 2.24) is 19.5 Å². The van der Waals surface area contributed by atoms with Gasteiger partial charge in [-0.05, 0) is 24.0 Å². The lowest BCUT2D eigenvalue weighted by Crippen LogP contribution is -2.34. The molecule has 9 nitrogen and oxygen atoms in total. The molecule has 1 saturated heterocycles. The zero-order valence-electron chi connectivity index (χ0n) is 16.7. The monoisotopic (exact) mass is 411 g/mol. The quantitative estimate of drug-likeness (QED) is 0.555. The van der Waals surface area contributed by atoms with Crippen LogP contribution in [0.2, 0.25) is 0 Å². The summed E-state index contributed by atoms with van der Waals surface area (Å²) in [5, 5.41) is 23.2. The minimum absolute atomic E-state index is 0.297. The van der Waals surface area contributed by atoms with Crippen LogP contribution in [0.25, 0.3) is 11.2 Å². The van der Waals surface area contributed by atoms with Crippen LogP contribution in [0.5, 0.6) is 0 Å². The molecule has 1 aliphatic heterocycles. The summed E-state index contributed by atoms with van der Waals surface area (Å²) in [5.41, 5.74) is 4.02. The van der Waals surface area contributed by atoms with Crippen molar-refractivity contribution in [3.05, 3.63) is 48.0 Å². The second-order valence-electron chi connectivity index (χ2n) is 7.80. The maximum absolute atomic E-state index is 10.3. The van der Waals surface area contributed by atoms with Gasteiger partial charge < -0.3 is 25.0 Å². The Morgan fingerprint density at radius 3 is 2.97 bits per heavy atom. The lowest BCUT2D eigenvalue weighted by atomic mass is 10.0. The SMILES string of the molecule is CO[C@@H]1[C@H](O)[C@@H](CO)O[C@H]1n1cnc2c(NCC3CCc4ccccc43)ncnc21. The van der Waals surface area contributed by atoms with Gasteiger partial charge in [-0.25, -0.2) is 15.0 Å². The van der Waals surface area contributed by atoms with Gasteiger partial charge in [-0.3, -0.25) is 4.57 Å². The number of benzene rings is 1. The molecular formula is C21H25N5O4. The molecule has 0 spiro atoms. The van der Waals surface area contributed by atoms with E-state index < -0.39 is 24.5 Å². The third kappa shape index (κ3) is 3.14. The number of aromatic nitrogens is 4. The number of imidazole rings is 1. The lowest BCUT2D eigenvalue weighted by molar-refractivity contribution is -0.0583. The average molecular weight is 411 g/mol. The predicted octanol–water partition coefficient (Wildman–Crippen LogP) is 1.23. The van der Waals surface area contributed by atoms with Crippen LogP contribution >= 0.6 is 0 Å². The normalized spacial score (nSPS) is 28.2. The van der Waals surface area contributed by atoms with Gasteiger partial charge in [-0.2, -0.15) is 0 Å². The molecule has 3 N–H and O–H groups in total. The van der Waals surface area contributed by atoms with Gasteiger partial charge in [0.1, 0.15) is 24.6 Å². The fraction of sp³-hybridized carbons (Fsp3) is 0.476. The number of nitrogens with zero attached hydrogens (tertiary/aromatic N) is 4. The van der Waals surface area contributed by atoms with E-state index >= 15 is 0 Å². The summed E-state index contributed by atoms with van der Waals surface area (Å²) in [5.74, 6) is 1.10. The first-order valence-corrected chi connectivity index (χ1v) is 10.2. The van der Waals surface area contributed by atoms with Gasteiger partial charge in [0.05, 0.1) is 12.9 Å². The molecule has 3 aromatic rings. The Balaban J connectivity index is 1.39. The Labute approximate surface area is 173 Å². The number of anilines is 1. The van der Waals surface area contributed by atoms with E-state index in [1.807, 2.05) is 0 Å². The number of ether oxygens (including phenoxy) is 2. The third-order valence-corrected chi connectivity index (χ3v) is 6.17. The largest absolute Gasteiger partial charge is 0.394 e. The molecule has 1 fully saturated rings. The third-order valence-electron chi connectivity index (χ3n) is 6.17. The average Bonchev–Trinajstić information content (AvgIpc) is 3.47. The first-order chi connectivity index (χ1) is 14.7. The van der Waals surface area contributed by atoms with Crippen molar-refractivity contribution in [3.8, 4) is 0 Å². The van der Waals surface area contributed by atoms with Gasteiger partial charge in [-0.15, -0.1) is 0 Å². The van der Waals surface area contributed by atoms with E-state index in [-0.39, 0.29) is 6.61 Å². The number of aryl methyl sites for hydroxylation is 1. The summed E-state index contributed by atoms with van der Waals surface area (Å²) in [6.45, 7) is 0.469. The molecule has 5 rings (SSSR count). The second-order valence-corrected chi connectivity index (χ2v) is 7.80. The summed E-state index contributed by atoms with van der Waals surface area (Å²) >= 11 is 0. The molecule has 5 atom stereocenters. The van der Waals surface area contributed by atoms with Gasteiger partial charge in [-0.1, -0.05) is 24.3 Å². The number of hydrogen-bond acceptors (Lipinski definition) is 8. The molecule has 1 unspecified atom stereocenters. The zero-order chi connectivity index (χ0) is 20.7. The van der Waals surface area contributed by atoms with E-state index in [1.54, 1.807) is 10.9 Å². The van der Waals surface area contributed by atoms with Gasteiger partial charge in [0, 0.05) is 19.6 Å². The first-order valence-electron chi connectivity index (χ1n) is 10.2. The second kappa shape index (κ2) is 7.92. The predicted molar refractivity (Wildman–Crippen MR) is 109 cm³/mol. The molecule has 30 heavy (non-hydrogen) atoms. The lowest BCUT2D eigenvalue weighted by Gasteiger charge is -2.20. The molecule has 2 aliphatic rings. The highest BCUT2D eigenvalue weighted by Crippen LogP contribution is 2.35. The van der Waals surface area contributed by atoms with E-state index in [2.05, 4.69) is 44.5 Å². The van der Waals surface area contributed by atoms with Crippen molar-refractivity contribution in [2.75, 3.05) is 25.6 Å². The zero-order valence-corrected chi connectivity index (χ0v) is 16.7. The Hall–Kier alpha value is -2.59. The van der Waals surface area contributed by atoms with Crippen LogP contribution in [0.15, 0.2) is 36.9 Å². The fourth-order valence-electron chi connectivity index (χ4n) is 4.59.